The minimum absolute atomic E-state index is 0.398. The molecule has 0 heterocycles. The first-order valence-corrected chi connectivity index (χ1v) is 7.93. The predicted octanol–water partition coefficient (Wildman–Crippen LogP) is 4.54. The van der Waals surface area contributed by atoms with E-state index in [1.807, 2.05) is 19.0 Å². The third-order valence-electron chi connectivity index (χ3n) is 3.45. The van der Waals surface area contributed by atoms with Gasteiger partial charge in [-0.3, -0.25) is 0 Å². The summed E-state index contributed by atoms with van der Waals surface area (Å²) < 4.78 is 0. The molecule has 21 heavy (non-hydrogen) atoms. The molecule has 0 atom stereocenters. The molecule has 0 N–H and O–H groups in total. The zero-order valence-electron chi connectivity index (χ0n) is 12.4. The Balaban J connectivity index is 2.06. The summed E-state index contributed by atoms with van der Waals surface area (Å²) in [5.74, 6) is 0. The molecule has 0 aliphatic heterocycles. The number of halogens is 2. The van der Waals surface area contributed by atoms with Crippen molar-refractivity contribution < 1.29 is 0 Å². The van der Waals surface area contributed by atoms with Crippen molar-refractivity contribution >= 4 is 34.6 Å². The van der Waals surface area contributed by atoms with Crippen molar-refractivity contribution in [3.05, 3.63) is 59.7 Å². The van der Waals surface area contributed by atoms with Gasteiger partial charge in [0.25, 0.3) is 0 Å². The Labute approximate surface area is 136 Å². The second kappa shape index (κ2) is 7.58. The highest BCUT2D eigenvalue weighted by molar-refractivity contribution is 6.22. The molecule has 112 valence electrons. The topological polar surface area (TPSA) is 6.48 Å². The number of benzene rings is 2. The Bertz CT molecular complexity index is 546. The predicted molar refractivity (Wildman–Crippen MR) is 93.9 cm³/mol. The quantitative estimate of drug-likeness (QED) is 0.569. The summed E-state index contributed by atoms with van der Waals surface area (Å²) >= 11 is 11.7. The van der Waals surface area contributed by atoms with Crippen LogP contribution in [0.5, 0.6) is 0 Å². The fraction of sp³-hybridized carbons (Fsp3) is 0.294. The summed E-state index contributed by atoms with van der Waals surface area (Å²) in [6.45, 7) is 0. The van der Waals surface area contributed by atoms with Gasteiger partial charge in [0.05, 0.1) is 12.0 Å². The third kappa shape index (κ3) is 4.29. The van der Waals surface area contributed by atoms with E-state index in [9.17, 15) is 0 Å². The van der Waals surface area contributed by atoms with Crippen LogP contribution in [-0.2, 0) is 6.42 Å². The molecule has 2 nitrogen and oxygen atoms in total. The maximum absolute atomic E-state index is 5.85. The van der Waals surface area contributed by atoms with Crippen LogP contribution >= 0.6 is 23.2 Å². The maximum Gasteiger partial charge on any atom is 0.0940 e. The van der Waals surface area contributed by atoms with Crippen molar-refractivity contribution in [2.24, 2.45) is 0 Å². The largest absolute Gasteiger partial charge is 0.378 e. The molecule has 0 saturated heterocycles. The van der Waals surface area contributed by atoms with Crippen molar-refractivity contribution in [1.29, 1.82) is 0 Å². The second-order valence-corrected chi connectivity index (χ2v) is 5.66. The molecule has 0 amide bonds. The highest BCUT2D eigenvalue weighted by atomic mass is 35.5. The average molecular weight is 323 g/mol. The minimum atomic E-state index is 0.398. The smallest absolute Gasteiger partial charge is 0.0940 e. The molecule has 0 spiro atoms. The molecule has 4 heteroatoms. The van der Waals surface area contributed by atoms with Crippen molar-refractivity contribution in [3.63, 3.8) is 0 Å². The molecule has 0 saturated carbocycles. The highest BCUT2D eigenvalue weighted by Gasteiger charge is 2.04. The molecule has 0 radical (unpaired) electrons. The van der Waals surface area contributed by atoms with Crippen molar-refractivity contribution in [3.8, 4) is 0 Å². The van der Waals surface area contributed by atoms with Gasteiger partial charge in [0.2, 0.25) is 0 Å². The first-order chi connectivity index (χ1) is 10.1. The van der Waals surface area contributed by atoms with Gasteiger partial charge in [0.15, 0.2) is 0 Å². The lowest BCUT2D eigenvalue weighted by atomic mass is 10.0. The van der Waals surface area contributed by atoms with E-state index in [-0.39, 0.29) is 0 Å². The van der Waals surface area contributed by atoms with Crippen LogP contribution in [0.15, 0.2) is 48.5 Å². The Morgan fingerprint density at radius 3 is 1.52 bits per heavy atom. The number of nitrogens with zero attached hydrogens (tertiary/aromatic N) is 2. The van der Waals surface area contributed by atoms with Gasteiger partial charge in [-0.05, 0) is 41.8 Å². The van der Waals surface area contributed by atoms with E-state index in [2.05, 4.69) is 53.4 Å². The van der Waals surface area contributed by atoms with Crippen LogP contribution in [0.1, 0.15) is 11.1 Å². The van der Waals surface area contributed by atoms with Crippen molar-refractivity contribution in [2.75, 3.05) is 35.9 Å². The second-order valence-electron chi connectivity index (χ2n) is 5.18. The summed E-state index contributed by atoms with van der Waals surface area (Å²) in [4.78, 5) is 4.00. The molecule has 0 fully saturated rings. The molecule has 0 aliphatic rings. The first kappa shape index (κ1) is 16.0. The Morgan fingerprint density at radius 2 is 1.14 bits per heavy atom. The summed E-state index contributed by atoms with van der Waals surface area (Å²) in [5.41, 5.74) is 4.85. The highest BCUT2D eigenvalue weighted by Crippen LogP contribution is 2.19. The van der Waals surface area contributed by atoms with Crippen molar-refractivity contribution in [1.82, 2.24) is 0 Å². The van der Waals surface area contributed by atoms with Crippen LogP contribution in [0.2, 0.25) is 0 Å². The molecular formula is C17H20Cl2N2. The summed E-state index contributed by atoms with van der Waals surface area (Å²) in [7, 11) is 4.10. The standard InChI is InChI=1S/C17H20Cl2N2/c1-20(2)16-7-3-14(4-8-16)11-15-5-9-17(10-6-15)21(12-18)13-19/h3-10H,11-13H2,1-2H3. The van der Waals surface area contributed by atoms with Crippen LogP contribution in [0, 0.1) is 0 Å². The zero-order valence-corrected chi connectivity index (χ0v) is 13.9. The van der Waals surface area contributed by atoms with Gasteiger partial charge in [-0.2, -0.15) is 0 Å². The van der Waals surface area contributed by atoms with Crippen LogP contribution in [0.3, 0.4) is 0 Å². The number of hydrogen-bond acceptors (Lipinski definition) is 2. The van der Waals surface area contributed by atoms with E-state index in [1.165, 1.54) is 16.8 Å². The number of anilines is 2. The lowest BCUT2D eigenvalue weighted by molar-refractivity contribution is 1.05. The third-order valence-corrected chi connectivity index (χ3v) is 4.03. The van der Waals surface area contributed by atoms with Crippen molar-refractivity contribution in [2.45, 2.75) is 6.42 Å². The van der Waals surface area contributed by atoms with Gasteiger partial charge < -0.3 is 9.80 Å². The van der Waals surface area contributed by atoms with Gasteiger partial charge in [-0.25, -0.2) is 0 Å². The van der Waals surface area contributed by atoms with Crippen LogP contribution in [0.25, 0.3) is 0 Å². The van der Waals surface area contributed by atoms with Gasteiger partial charge in [0, 0.05) is 25.5 Å². The minimum Gasteiger partial charge on any atom is -0.378 e. The molecule has 0 aliphatic carbocycles. The van der Waals surface area contributed by atoms with Gasteiger partial charge in [-0.1, -0.05) is 24.3 Å². The SMILES string of the molecule is CN(C)c1ccc(Cc2ccc(N(CCl)CCl)cc2)cc1. The number of alkyl halides is 2. The van der Waals surface area contributed by atoms with Crippen LogP contribution < -0.4 is 9.80 Å². The van der Waals surface area contributed by atoms with Gasteiger partial charge in [-0.15, -0.1) is 23.2 Å². The monoisotopic (exact) mass is 322 g/mol. The van der Waals surface area contributed by atoms with E-state index in [0.29, 0.717) is 12.0 Å². The average Bonchev–Trinajstić information content (AvgIpc) is 2.51. The Hall–Kier alpha value is -1.38. The summed E-state index contributed by atoms with van der Waals surface area (Å²) in [6, 6.07) is 17.8. The molecular weight excluding hydrogens is 303 g/mol. The number of rotatable bonds is 6. The fourth-order valence-electron chi connectivity index (χ4n) is 2.14. The Morgan fingerprint density at radius 1 is 0.714 bits per heavy atom. The van der Waals surface area contributed by atoms with Crippen LogP contribution in [0.4, 0.5) is 11.4 Å². The Kier molecular flexibility index (Phi) is 5.77. The molecule has 0 unspecified atom stereocenters. The lowest BCUT2D eigenvalue weighted by Crippen LogP contribution is -2.18. The normalized spacial score (nSPS) is 10.5. The first-order valence-electron chi connectivity index (χ1n) is 6.86. The van der Waals surface area contributed by atoms with E-state index in [4.69, 9.17) is 23.2 Å². The molecule has 2 rings (SSSR count). The molecule has 2 aromatic carbocycles. The van der Waals surface area contributed by atoms with E-state index >= 15 is 0 Å². The molecule has 0 aromatic heterocycles. The summed E-state index contributed by atoms with van der Waals surface area (Å²) in [5, 5.41) is 0. The van der Waals surface area contributed by atoms with Gasteiger partial charge in [0.1, 0.15) is 0 Å². The molecule has 0 bridgehead atoms. The van der Waals surface area contributed by atoms with E-state index < -0.39 is 0 Å². The number of hydrogen-bond donors (Lipinski definition) is 0. The fourth-order valence-corrected chi connectivity index (χ4v) is 2.67. The van der Waals surface area contributed by atoms with Gasteiger partial charge >= 0.3 is 0 Å². The van der Waals surface area contributed by atoms with E-state index in [0.717, 1.165) is 12.1 Å². The zero-order chi connectivity index (χ0) is 15.2. The molecule has 2 aromatic rings. The summed E-state index contributed by atoms with van der Waals surface area (Å²) in [6.07, 6.45) is 0.926. The van der Waals surface area contributed by atoms with Crippen LogP contribution in [-0.4, -0.2) is 26.1 Å². The maximum atomic E-state index is 5.85. The van der Waals surface area contributed by atoms with E-state index in [1.54, 1.807) is 0 Å². The lowest BCUT2D eigenvalue weighted by Gasteiger charge is -2.18.